The number of nitrogens with two attached hydrogens (primary N) is 1. The first kappa shape index (κ1) is 17.2. The van der Waals surface area contributed by atoms with Crippen LogP contribution in [-0.2, 0) is 6.54 Å². The van der Waals surface area contributed by atoms with Gasteiger partial charge in [0, 0.05) is 12.6 Å². The second-order valence-electron chi connectivity index (χ2n) is 6.41. The van der Waals surface area contributed by atoms with E-state index in [1.165, 1.54) is 37.7 Å². The van der Waals surface area contributed by atoms with E-state index in [1.54, 1.807) is 6.92 Å². The minimum absolute atomic E-state index is 0.393. The maximum atomic E-state index is 5.96. The molecule has 1 saturated carbocycles. The summed E-state index contributed by atoms with van der Waals surface area (Å²) in [4.78, 5) is 8.84. The van der Waals surface area contributed by atoms with E-state index in [1.807, 2.05) is 6.33 Å². The summed E-state index contributed by atoms with van der Waals surface area (Å²) in [5.74, 6) is 1.66. The van der Waals surface area contributed by atoms with E-state index in [0.29, 0.717) is 17.8 Å². The van der Waals surface area contributed by atoms with Crippen LogP contribution >= 0.6 is 11.6 Å². The molecule has 0 bridgehead atoms. The molecular formula is C17H27ClN4. The number of allylic oxidation sites excluding steroid dienone is 1. The van der Waals surface area contributed by atoms with Crippen molar-refractivity contribution in [3.8, 4) is 0 Å². The summed E-state index contributed by atoms with van der Waals surface area (Å²) >= 11 is 5.96. The second-order valence-corrected chi connectivity index (χ2v) is 6.95. The molecule has 22 heavy (non-hydrogen) atoms. The van der Waals surface area contributed by atoms with E-state index in [2.05, 4.69) is 28.0 Å². The third kappa shape index (κ3) is 4.43. The van der Waals surface area contributed by atoms with Crippen molar-refractivity contribution >= 4 is 22.6 Å². The van der Waals surface area contributed by atoms with Crippen molar-refractivity contribution in [3.05, 3.63) is 24.2 Å². The Labute approximate surface area is 138 Å². The van der Waals surface area contributed by atoms with Crippen molar-refractivity contribution in [3.63, 3.8) is 0 Å². The molecule has 0 spiro atoms. The molecule has 1 aromatic heterocycles. The molecule has 0 unspecified atom stereocenters. The number of aromatic nitrogens is 2. The molecule has 0 amide bonds. The number of aliphatic imine (C=N–C) groups is 1. The largest absolute Gasteiger partial charge is 0.325 e. The zero-order valence-electron chi connectivity index (χ0n) is 13.7. The molecule has 0 aromatic carbocycles. The molecule has 1 aliphatic carbocycles. The number of nitrogens with zero attached hydrogens (tertiary/aromatic N) is 3. The lowest BCUT2D eigenvalue weighted by Gasteiger charge is -2.30. The quantitative estimate of drug-likeness (QED) is 0.608. The first-order chi connectivity index (χ1) is 10.5. The third-order valence-corrected chi connectivity index (χ3v) is 4.57. The van der Waals surface area contributed by atoms with Gasteiger partial charge in [-0.2, -0.15) is 0 Å². The molecule has 5 heteroatoms. The summed E-state index contributed by atoms with van der Waals surface area (Å²) in [6.07, 6.45) is 9.16. The van der Waals surface area contributed by atoms with Crippen LogP contribution in [0.25, 0.3) is 0 Å². The molecule has 2 N–H and O–H groups in total. The summed E-state index contributed by atoms with van der Waals surface area (Å²) < 4.78 is 2.17. The van der Waals surface area contributed by atoms with Gasteiger partial charge in [-0.15, -0.1) is 6.58 Å². The summed E-state index contributed by atoms with van der Waals surface area (Å²) in [6, 6.07) is 0.462. The Morgan fingerprint density at radius 3 is 2.64 bits per heavy atom. The van der Waals surface area contributed by atoms with Crippen molar-refractivity contribution < 1.29 is 0 Å². The van der Waals surface area contributed by atoms with E-state index in [4.69, 9.17) is 17.3 Å². The van der Waals surface area contributed by atoms with Crippen LogP contribution in [0.4, 0.5) is 5.82 Å². The van der Waals surface area contributed by atoms with E-state index in [0.717, 1.165) is 23.9 Å². The van der Waals surface area contributed by atoms with Crippen LogP contribution in [0.1, 0.15) is 64.1 Å². The molecule has 0 aliphatic heterocycles. The van der Waals surface area contributed by atoms with Gasteiger partial charge in [-0.1, -0.05) is 17.2 Å². The number of hydrogen-bond donors (Lipinski definition) is 1. The minimum atomic E-state index is 0.393. The van der Waals surface area contributed by atoms with Crippen LogP contribution in [0, 0.1) is 5.92 Å². The fourth-order valence-corrected chi connectivity index (χ4v) is 3.32. The highest BCUT2D eigenvalue weighted by Crippen LogP contribution is 2.37. The Balaban J connectivity index is 2.04. The van der Waals surface area contributed by atoms with Crippen molar-refractivity contribution in [2.45, 2.75) is 65.0 Å². The SMILES string of the molecule is C=C(C)CCC1CCC(n2cnc(CN)c2/N=C(\C)Cl)CC1. The van der Waals surface area contributed by atoms with E-state index in [-0.39, 0.29) is 0 Å². The maximum absolute atomic E-state index is 5.96. The summed E-state index contributed by atoms with van der Waals surface area (Å²) in [5.41, 5.74) is 7.88. The predicted octanol–water partition coefficient (Wildman–Crippen LogP) is 4.72. The summed E-state index contributed by atoms with van der Waals surface area (Å²) in [5, 5.41) is 0.520. The zero-order chi connectivity index (χ0) is 16.1. The van der Waals surface area contributed by atoms with Gasteiger partial charge < -0.3 is 10.3 Å². The highest BCUT2D eigenvalue weighted by molar-refractivity contribution is 6.65. The number of rotatable bonds is 6. The van der Waals surface area contributed by atoms with Gasteiger partial charge in [0.25, 0.3) is 0 Å². The maximum Gasteiger partial charge on any atom is 0.158 e. The smallest absolute Gasteiger partial charge is 0.158 e. The average Bonchev–Trinajstić information content (AvgIpc) is 2.87. The van der Waals surface area contributed by atoms with Gasteiger partial charge in [-0.05, 0) is 58.3 Å². The number of hydrogen-bond acceptors (Lipinski definition) is 3. The fourth-order valence-electron chi connectivity index (χ4n) is 3.23. The molecule has 122 valence electrons. The van der Waals surface area contributed by atoms with Crippen LogP contribution in [-0.4, -0.2) is 14.7 Å². The van der Waals surface area contributed by atoms with E-state index >= 15 is 0 Å². The molecule has 1 aliphatic rings. The van der Waals surface area contributed by atoms with Crippen LogP contribution in [0.3, 0.4) is 0 Å². The third-order valence-electron chi connectivity index (χ3n) is 4.48. The lowest BCUT2D eigenvalue weighted by atomic mass is 9.83. The van der Waals surface area contributed by atoms with Gasteiger partial charge in [-0.3, -0.25) is 0 Å². The lowest BCUT2D eigenvalue weighted by Crippen LogP contribution is -2.18. The molecule has 0 radical (unpaired) electrons. The normalized spacial score (nSPS) is 22.8. The standard InChI is InChI=1S/C17H27ClN4/c1-12(2)4-5-14-6-8-15(9-7-14)22-11-20-16(10-19)17(22)21-13(3)18/h11,14-15H,1,4-10,19H2,2-3H3/b21-13+. The first-order valence-corrected chi connectivity index (χ1v) is 8.50. The van der Waals surface area contributed by atoms with Gasteiger partial charge in [0.15, 0.2) is 5.82 Å². The van der Waals surface area contributed by atoms with Crippen LogP contribution in [0.15, 0.2) is 23.5 Å². The van der Waals surface area contributed by atoms with Crippen molar-refractivity contribution in [2.24, 2.45) is 16.6 Å². The van der Waals surface area contributed by atoms with Gasteiger partial charge in [0.1, 0.15) is 5.17 Å². The molecule has 0 atom stereocenters. The molecule has 0 saturated heterocycles. The highest BCUT2D eigenvalue weighted by atomic mass is 35.5. The Kier molecular flexibility index (Phi) is 6.21. The molecule has 2 rings (SSSR count). The van der Waals surface area contributed by atoms with Crippen LogP contribution < -0.4 is 5.73 Å². The van der Waals surface area contributed by atoms with Crippen LogP contribution in [0.5, 0.6) is 0 Å². The van der Waals surface area contributed by atoms with Crippen molar-refractivity contribution in [1.29, 1.82) is 0 Å². The monoisotopic (exact) mass is 322 g/mol. The Bertz CT molecular complexity index is 535. The van der Waals surface area contributed by atoms with E-state index in [9.17, 15) is 0 Å². The zero-order valence-corrected chi connectivity index (χ0v) is 14.4. The van der Waals surface area contributed by atoms with Crippen molar-refractivity contribution in [1.82, 2.24) is 9.55 Å². The molecule has 1 fully saturated rings. The molecule has 1 aromatic rings. The number of imidazole rings is 1. The van der Waals surface area contributed by atoms with Gasteiger partial charge >= 0.3 is 0 Å². The van der Waals surface area contributed by atoms with Crippen LogP contribution in [0.2, 0.25) is 0 Å². The lowest BCUT2D eigenvalue weighted by molar-refractivity contribution is 0.265. The predicted molar refractivity (Wildman–Crippen MR) is 93.8 cm³/mol. The molecular weight excluding hydrogens is 296 g/mol. The summed E-state index contributed by atoms with van der Waals surface area (Å²) in [6.45, 7) is 8.30. The Morgan fingerprint density at radius 1 is 1.41 bits per heavy atom. The van der Waals surface area contributed by atoms with E-state index < -0.39 is 0 Å². The molecule has 4 nitrogen and oxygen atoms in total. The topological polar surface area (TPSA) is 56.2 Å². The van der Waals surface area contributed by atoms with Gasteiger partial charge in [0.05, 0.1) is 12.0 Å². The Hall–Kier alpha value is -1.13. The fraction of sp³-hybridized carbons (Fsp3) is 0.647. The van der Waals surface area contributed by atoms with Crippen molar-refractivity contribution in [2.75, 3.05) is 0 Å². The Morgan fingerprint density at radius 2 is 2.09 bits per heavy atom. The first-order valence-electron chi connectivity index (χ1n) is 8.12. The van der Waals surface area contributed by atoms with Gasteiger partial charge in [0.2, 0.25) is 0 Å². The average molecular weight is 323 g/mol. The van der Waals surface area contributed by atoms with Gasteiger partial charge in [-0.25, -0.2) is 9.98 Å². The minimum Gasteiger partial charge on any atom is -0.325 e. The molecule has 1 heterocycles. The second kappa shape index (κ2) is 7.93. The highest BCUT2D eigenvalue weighted by Gasteiger charge is 2.24. The summed E-state index contributed by atoms with van der Waals surface area (Å²) in [7, 11) is 0. The number of halogens is 1.